The molecule has 2 aliphatic rings. The normalized spacial score (nSPS) is 20.9. The van der Waals surface area contributed by atoms with Gasteiger partial charge in [-0.3, -0.25) is 9.79 Å². The monoisotopic (exact) mass is 510 g/mol. The van der Waals surface area contributed by atoms with E-state index >= 15 is 0 Å². The number of carbonyl (C=O) groups excluding carboxylic acids is 1. The van der Waals surface area contributed by atoms with Crippen LogP contribution in [0.15, 0.2) is 17.1 Å². The number of hydrogen-bond acceptors (Lipinski definition) is 3. The molecule has 2 fully saturated rings. The van der Waals surface area contributed by atoms with Gasteiger partial charge < -0.3 is 15.5 Å². The summed E-state index contributed by atoms with van der Waals surface area (Å²) in [7, 11) is 1.79. The standard InChI is InChI=1S/C18H27ClN4OS.HI/c1-20-18(21-10-8-15-6-7-16(19)25-15)22-14-9-11-23(12-14)17(24)13-4-2-3-5-13;/h6-7,13-14H,2-5,8-12H2,1H3,(H2,20,21,22);1H. The SMILES string of the molecule is CN=C(NCCc1ccc(Cl)s1)NC1CCN(C(=O)C2CCCC2)C1.I. The molecular weight excluding hydrogens is 483 g/mol. The Kier molecular flexibility index (Phi) is 8.96. The highest BCUT2D eigenvalue weighted by atomic mass is 127. The van der Waals surface area contributed by atoms with Gasteiger partial charge in [-0.15, -0.1) is 35.3 Å². The number of nitrogens with one attached hydrogen (secondary N) is 2. The molecule has 1 saturated carbocycles. The van der Waals surface area contributed by atoms with Gasteiger partial charge in [-0.25, -0.2) is 0 Å². The number of carbonyl (C=O) groups is 1. The van der Waals surface area contributed by atoms with Crippen LogP contribution in [0.2, 0.25) is 4.34 Å². The van der Waals surface area contributed by atoms with Crippen LogP contribution >= 0.6 is 46.9 Å². The number of halogens is 2. The van der Waals surface area contributed by atoms with Gasteiger partial charge in [0.05, 0.1) is 4.34 Å². The fourth-order valence-electron chi connectivity index (χ4n) is 3.69. The molecule has 2 N–H and O–H groups in total. The second-order valence-electron chi connectivity index (χ2n) is 6.85. The molecule has 1 aliphatic carbocycles. The molecule has 0 radical (unpaired) electrons. The average molecular weight is 511 g/mol. The van der Waals surface area contributed by atoms with Gasteiger partial charge in [0.25, 0.3) is 0 Å². The first kappa shape index (κ1) is 21.8. The Morgan fingerprint density at radius 1 is 1.35 bits per heavy atom. The second-order valence-corrected chi connectivity index (χ2v) is 8.65. The fourth-order valence-corrected chi connectivity index (χ4v) is 4.77. The molecule has 0 spiro atoms. The minimum Gasteiger partial charge on any atom is -0.356 e. The lowest BCUT2D eigenvalue weighted by molar-refractivity contribution is -0.134. The summed E-state index contributed by atoms with van der Waals surface area (Å²) >= 11 is 7.57. The molecule has 146 valence electrons. The summed E-state index contributed by atoms with van der Waals surface area (Å²) < 4.78 is 0.829. The van der Waals surface area contributed by atoms with Crippen LogP contribution in [0, 0.1) is 5.92 Å². The van der Waals surface area contributed by atoms with Crippen LogP contribution in [0.5, 0.6) is 0 Å². The van der Waals surface area contributed by atoms with E-state index in [0.717, 1.165) is 55.6 Å². The van der Waals surface area contributed by atoms with Crippen molar-refractivity contribution in [3.63, 3.8) is 0 Å². The van der Waals surface area contributed by atoms with Crippen LogP contribution in [0.4, 0.5) is 0 Å². The van der Waals surface area contributed by atoms with Crippen molar-refractivity contribution in [2.75, 3.05) is 26.7 Å². The lowest BCUT2D eigenvalue weighted by Gasteiger charge is -2.21. The fraction of sp³-hybridized carbons (Fsp3) is 0.667. The molecule has 3 rings (SSSR count). The maximum Gasteiger partial charge on any atom is 0.225 e. The minimum absolute atomic E-state index is 0. The Morgan fingerprint density at radius 3 is 2.77 bits per heavy atom. The van der Waals surface area contributed by atoms with Gasteiger partial charge >= 0.3 is 0 Å². The molecule has 0 bridgehead atoms. The topological polar surface area (TPSA) is 56.7 Å². The van der Waals surface area contributed by atoms with Crippen molar-refractivity contribution in [2.24, 2.45) is 10.9 Å². The van der Waals surface area contributed by atoms with Crippen molar-refractivity contribution in [1.82, 2.24) is 15.5 Å². The highest BCUT2D eigenvalue weighted by molar-refractivity contribution is 14.0. The van der Waals surface area contributed by atoms with E-state index in [4.69, 9.17) is 11.6 Å². The Balaban J connectivity index is 0.00000243. The Morgan fingerprint density at radius 2 is 2.12 bits per heavy atom. The molecular formula is C18H28ClIN4OS. The molecule has 1 atom stereocenters. The number of likely N-dealkylation sites (tertiary alicyclic amines) is 1. The number of guanidine groups is 1. The van der Waals surface area contributed by atoms with Crippen LogP contribution < -0.4 is 10.6 Å². The predicted molar refractivity (Wildman–Crippen MR) is 120 cm³/mol. The Bertz CT molecular complexity index is 618. The number of thiophene rings is 1. The lowest BCUT2D eigenvalue weighted by atomic mass is 10.1. The zero-order chi connectivity index (χ0) is 17.6. The van der Waals surface area contributed by atoms with E-state index < -0.39 is 0 Å². The van der Waals surface area contributed by atoms with E-state index in [9.17, 15) is 4.79 Å². The third-order valence-corrected chi connectivity index (χ3v) is 6.35. The van der Waals surface area contributed by atoms with Gasteiger partial charge in [-0.05, 0) is 37.8 Å². The minimum atomic E-state index is 0. The van der Waals surface area contributed by atoms with Crippen molar-refractivity contribution < 1.29 is 4.79 Å². The maximum absolute atomic E-state index is 12.5. The van der Waals surface area contributed by atoms with E-state index in [-0.39, 0.29) is 35.9 Å². The van der Waals surface area contributed by atoms with Crippen LogP contribution in [0.25, 0.3) is 0 Å². The zero-order valence-corrected chi connectivity index (χ0v) is 19.1. The van der Waals surface area contributed by atoms with Crippen LogP contribution in [-0.2, 0) is 11.2 Å². The summed E-state index contributed by atoms with van der Waals surface area (Å²) in [6.07, 6.45) is 6.47. The van der Waals surface area contributed by atoms with Crippen molar-refractivity contribution in [1.29, 1.82) is 0 Å². The van der Waals surface area contributed by atoms with Crippen LogP contribution in [-0.4, -0.2) is 49.5 Å². The summed E-state index contributed by atoms with van der Waals surface area (Å²) in [5.74, 6) is 1.44. The maximum atomic E-state index is 12.5. The second kappa shape index (κ2) is 10.7. The van der Waals surface area contributed by atoms with Gasteiger partial charge in [0.15, 0.2) is 5.96 Å². The number of amides is 1. The Labute approximate surface area is 182 Å². The lowest BCUT2D eigenvalue weighted by Crippen LogP contribution is -2.45. The third kappa shape index (κ3) is 5.99. The highest BCUT2D eigenvalue weighted by Crippen LogP contribution is 2.27. The third-order valence-electron chi connectivity index (χ3n) is 5.06. The van der Waals surface area contributed by atoms with E-state index in [1.54, 1.807) is 18.4 Å². The number of hydrogen-bond donors (Lipinski definition) is 2. The van der Waals surface area contributed by atoms with Crippen molar-refractivity contribution in [3.05, 3.63) is 21.3 Å². The quantitative estimate of drug-likeness (QED) is 0.362. The molecule has 1 amide bonds. The van der Waals surface area contributed by atoms with Crippen LogP contribution in [0.3, 0.4) is 0 Å². The molecule has 8 heteroatoms. The molecule has 1 aliphatic heterocycles. The van der Waals surface area contributed by atoms with E-state index in [2.05, 4.69) is 21.7 Å². The highest BCUT2D eigenvalue weighted by Gasteiger charge is 2.32. The van der Waals surface area contributed by atoms with Gasteiger partial charge in [0.2, 0.25) is 5.91 Å². The summed E-state index contributed by atoms with van der Waals surface area (Å²) in [6.45, 7) is 2.46. The van der Waals surface area contributed by atoms with Crippen molar-refractivity contribution in [3.8, 4) is 0 Å². The smallest absolute Gasteiger partial charge is 0.225 e. The molecule has 0 aromatic carbocycles. The van der Waals surface area contributed by atoms with E-state index in [1.807, 2.05) is 11.0 Å². The zero-order valence-electron chi connectivity index (χ0n) is 15.2. The van der Waals surface area contributed by atoms with Gasteiger partial charge in [0.1, 0.15) is 0 Å². The van der Waals surface area contributed by atoms with Crippen LogP contribution in [0.1, 0.15) is 37.0 Å². The molecule has 5 nitrogen and oxygen atoms in total. The first-order chi connectivity index (χ1) is 12.2. The molecule has 26 heavy (non-hydrogen) atoms. The average Bonchev–Trinajstić information content (AvgIpc) is 3.35. The summed E-state index contributed by atoms with van der Waals surface area (Å²) in [5.41, 5.74) is 0. The number of aliphatic imine (C=N–C) groups is 1. The predicted octanol–water partition coefficient (Wildman–Crippen LogP) is 3.52. The molecule has 2 heterocycles. The largest absolute Gasteiger partial charge is 0.356 e. The summed E-state index contributed by atoms with van der Waals surface area (Å²) in [6, 6.07) is 4.28. The van der Waals surface area contributed by atoms with Gasteiger partial charge in [0, 0.05) is 43.5 Å². The number of nitrogens with zero attached hydrogens (tertiary/aromatic N) is 2. The van der Waals surface area contributed by atoms with Gasteiger partial charge in [-0.2, -0.15) is 0 Å². The first-order valence-electron chi connectivity index (χ1n) is 9.16. The van der Waals surface area contributed by atoms with Crippen molar-refractivity contribution in [2.45, 2.75) is 44.6 Å². The molecule has 1 aromatic heterocycles. The molecule has 1 unspecified atom stereocenters. The molecule has 1 saturated heterocycles. The number of rotatable bonds is 5. The van der Waals surface area contributed by atoms with Gasteiger partial charge in [-0.1, -0.05) is 24.4 Å². The van der Waals surface area contributed by atoms with E-state index in [1.165, 1.54) is 17.7 Å². The first-order valence-corrected chi connectivity index (χ1v) is 10.4. The summed E-state index contributed by atoms with van der Waals surface area (Å²) in [5, 5.41) is 6.81. The Hall–Kier alpha value is -0.540. The van der Waals surface area contributed by atoms with E-state index in [0.29, 0.717) is 5.91 Å². The molecule has 1 aromatic rings. The summed E-state index contributed by atoms with van der Waals surface area (Å²) in [4.78, 5) is 20.1. The van der Waals surface area contributed by atoms with Crippen molar-refractivity contribution >= 4 is 58.8 Å².